The van der Waals surface area contributed by atoms with Crippen molar-refractivity contribution in [3.63, 3.8) is 0 Å². The van der Waals surface area contributed by atoms with Crippen molar-refractivity contribution in [3.8, 4) is 28.1 Å². The number of amides is 1. The van der Waals surface area contributed by atoms with Crippen molar-refractivity contribution in [1.82, 2.24) is 25.1 Å². The van der Waals surface area contributed by atoms with Crippen molar-refractivity contribution in [2.24, 2.45) is 0 Å². The summed E-state index contributed by atoms with van der Waals surface area (Å²) in [6, 6.07) is 17.3. The van der Waals surface area contributed by atoms with Gasteiger partial charge in [-0.1, -0.05) is 24.0 Å². The van der Waals surface area contributed by atoms with Crippen LogP contribution in [0.3, 0.4) is 0 Å². The van der Waals surface area contributed by atoms with Crippen molar-refractivity contribution >= 4 is 33.9 Å². The van der Waals surface area contributed by atoms with Crippen molar-refractivity contribution in [3.05, 3.63) is 73.4 Å². The zero-order valence-corrected chi connectivity index (χ0v) is 21.0. The fourth-order valence-electron chi connectivity index (χ4n) is 3.86. The van der Waals surface area contributed by atoms with Crippen molar-refractivity contribution in [2.75, 3.05) is 43.5 Å². The number of nitrogens with zero attached hydrogens (tertiary/aromatic N) is 6. The number of methoxy groups -OCH3 is 1. The van der Waals surface area contributed by atoms with Gasteiger partial charge < -0.3 is 24.6 Å². The fraction of sp³-hybridized carbons (Fsp3) is 0.192. The Morgan fingerprint density at radius 1 is 1.05 bits per heavy atom. The number of hydrogen-bond donors (Lipinski definition) is 1. The van der Waals surface area contributed by atoms with E-state index in [1.807, 2.05) is 48.5 Å². The van der Waals surface area contributed by atoms with Gasteiger partial charge in [0.05, 0.1) is 7.11 Å². The molecule has 0 bridgehead atoms. The zero-order valence-electron chi connectivity index (χ0n) is 20.2. The van der Waals surface area contributed by atoms with Crippen LogP contribution in [0.1, 0.15) is 0 Å². The van der Waals surface area contributed by atoms with E-state index in [9.17, 15) is 4.79 Å². The Kier molecular flexibility index (Phi) is 7.22. The Morgan fingerprint density at radius 2 is 1.86 bits per heavy atom. The number of carbonyl (C=O) groups is 1. The smallest absolute Gasteiger partial charge is 0.323 e. The molecule has 11 heteroatoms. The van der Waals surface area contributed by atoms with Gasteiger partial charge in [-0.2, -0.15) is 4.98 Å². The minimum Gasteiger partial charge on any atom is -0.497 e. The van der Waals surface area contributed by atoms with Gasteiger partial charge in [0.25, 0.3) is 0 Å². The van der Waals surface area contributed by atoms with Crippen LogP contribution >= 0.6 is 11.3 Å². The molecule has 2 aromatic heterocycles. The predicted octanol–water partition coefficient (Wildman–Crippen LogP) is 4.37. The summed E-state index contributed by atoms with van der Waals surface area (Å²) in [6.45, 7) is 6.34. The lowest BCUT2D eigenvalue weighted by atomic mass is 10.2. The highest BCUT2D eigenvalue weighted by Gasteiger charge is 2.20. The molecule has 1 N–H and O–H groups in total. The molecular formula is C26H25N7O3S. The molecule has 1 fully saturated rings. The van der Waals surface area contributed by atoms with Gasteiger partial charge in [0, 0.05) is 49.7 Å². The average Bonchev–Trinajstić information content (AvgIpc) is 3.41. The van der Waals surface area contributed by atoms with Gasteiger partial charge in [-0.05, 0) is 48.5 Å². The molecule has 0 saturated carbocycles. The standard InChI is InChI=1S/C26H25N7O3S/c1-3-23(34)33-15-13-32(14-16-33)19-5-4-6-21(17-19)36-25-27-12-11-22(28-25)29-26-31-30-24(37-26)18-7-9-20(35-2)10-8-18/h3-12,17H,1,13-16H2,2H3,(H,27,28,29,31). The molecule has 0 atom stereocenters. The molecule has 10 nitrogen and oxygen atoms in total. The van der Waals surface area contributed by atoms with Crippen LogP contribution in [0, 0.1) is 0 Å². The third kappa shape index (κ3) is 5.84. The lowest BCUT2D eigenvalue weighted by Crippen LogP contribution is -2.48. The SMILES string of the molecule is C=CC(=O)N1CCN(c2cccc(Oc3nccc(Nc4nnc(-c5ccc(OC)cc5)s4)n3)c2)CC1. The van der Waals surface area contributed by atoms with E-state index in [2.05, 4.69) is 37.0 Å². The Balaban J connectivity index is 1.23. The van der Waals surface area contributed by atoms with Crippen LogP contribution in [0.2, 0.25) is 0 Å². The summed E-state index contributed by atoms with van der Waals surface area (Å²) in [6.07, 6.45) is 2.98. The second-order valence-electron chi connectivity index (χ2n) is 8.11. The number of ether oxygens (including phenoxy) is 2. The predicted molar refractivity (Wildman–Crippen MR) is 143 cm³/mol. The monoisotopic (exact) mass is 515 g/mol. The highest BCUT2D eigenvalue weighted by Crippen LogP contribution is 2.30. The van der Waals surface area contributed by atoms with Crippen molar-refractivity contribution in [2.45, 2.75) is 0 Å². The fourth-order valence-corrected chi connectivity index (χ4v) is 4.61. The summed E-state index contributed by atoms with van der Waals surface area (Å²) in [4.78, 5) is 24.6. The second-order valence-corrected chi connectivity index (χ2v) is 9.08. The van der Waals surface area contributed by atoms with Crippen LogP contribution in [-0.2, 0) is 4.79 Å². The van der Waals surface area contributed by atoms with Gasteiger partial charge in [-0.15, -0.1) is 10.2 Å². The molecule has 2 aromatic carbocycles. The van der Waals surface area contributed by atoms with E-state index in [1.165, 1.54) is 17.4 Å². The molecule has 0 aliphatic carbocycles. The summed E-state index contributed by atoms with van der Waals surface area (Å²) in [7, 11) is 1.63. The number of anilines is 3. The Morgan fingerprint density at radius 3 is 2.62 bits per heavy atom. The first kappa shape index (κ1) is 24.2. The highest BCUT2D eigenvalue weighted by atomic mass is 32.1. The minimum absolute atomic E-state index is 0.0344. The first-order chi connectivity index (χ1) is 18.1. The largest absolute Gasteiger partial charge is 0.497 e. The third-order valence-electron chi connectivity index (χ3n) is 5.79. The van der Waals surface area contributed by atoms with Crippen LogP contribution in [0.4, 0.5) is 16.6 Å². The van der Waals surface area contributed by atoms with Gasteiger partial charge in [-0.3, -0.25) is 4.79 Å². The maximum Gasteiger partial charge on any atom is 0.323 e. The van der Waals surface area contributed by atoms with Crippen LogP contribution in [0.15, 0.2) is 73.4 Å². The van der Waals surface area contributed by atoms with Gasteiger partial charge in [-0.25, -0.2) is 4.98 Å². The Labute approximate surface area is 218 Å². The van der Waals surface area contributed by atoms with E-state index >= 15 is 0 Å². The van der Waals surface area contributed by atoms with E-state index in [4.69, 9.17) is 9.47 Å². The van der Waals surface area contributed by atoms with E-state index in [0.717, 1.165) is 35.1 Å². The second kappa shape index (κ2) is 11.0. The van der Waals surface area contributed by atoms with Gasteiger partial charge in [0.1, 0.15) is 22.3 Å². The zero-order chi connectivity index (χ0) is 25.6. The summed E-state index contributed by atoms with van der Waals surface area (Å²) >= 11 is 1.41. The molecule has 1 amide bonds. The van der Waals surface area contributed by atoms with Crippen LogP contribution in [0.25, 0.3) is 10.6 Å². The minimum atomic E-state index is -0.0344. The van der Waals surface area contributed by atoms with Crippen LogP contribution < -0.4 is 19.7 Å². The first-order valence-corrected chi connectivity index (χ1v) is 12.4. The summed E-state index contributed by atoms with van der Waals surface area (Å²) in [5, 5.41) is 13.0. The number of aromatic nitrogens is 4. The number of benzene rings is 2. The Hall–Kier alpha value is -4.51. The van der Waals surface area contributed by atoms with E-state index in [1.54, 1.807) is 24.3 Å². The Bertz CT molecular complexity index is 1380. The number of rotatable bonds is 8. The van der Waals surface area contributed by atoms with Crippen LogP contribution in [0.5, 0.6) is 17.5 Å². The van der Waals surface area contributed by atoms with Crippen molar-refractivity contribution < 1.29 is 14.3 Å². The topological polar surface area (TPSA) is 106 Å². The lowest BCUT2D eigenvalue weighted by Gasteiger charge is -2.35. The first-order valence-electron chi connectivity index (χ1n) is 11.6. The molecule has 4 aromatic rings. The molecule has 1 saturated heterocycles. The summed E-state index contributed by atoms with van der Waals surface area (Å²) in [5.74, 6) is 1.92. The summed E-state index contributed by atoms with van der Waals surface area (Å²) in [5.41, 5.74) is 1.96. The molecule has 1 aliphatic heterocycles. The average molecular weight is 516 g/mol. The van der Waals surface area contributed by atoms with Crippen LogP contribution in [-0.4, -0.2) is 64.3 Å². The molecule has 188 valence electrons. The molecule has 0 unspecified atom stereocenters. The molecule has 5 rings (SSSR count). The van der Waals surface area contributed by atoms with Crippen molar-refractivity contribution in [1.29, 1.82) is 0 Å². The van der Waals surface area contributed by atoms with E-state index in [-0.39, 0.29) is 11.9 Å². The molecule has 0 spiro atoms. The molecule has 3 heterocycles. The number of piperazine rings is 1. The number of nitrogens with one attached hydrogen (secondary N) is 1. The summed E-state index contributed by atoms with van der Waals surface area (Å²) < 4.78 is 11.2. The number of carbonyl (C=O) groups excluding carboxylic acids is 1. The van der Waals surface area contributed by atoms with Gasteiger partial charge in [0.15, 0.2) is 0 Å². The quantitative estimate of drug-likeness (QED) is 0.342. The highest BCUT2D eigenvalue weighted by molar-refractivity contribution is 7.18. The number of hydrogen-bond acceptors (Lipinski definition) is 10. The molecular weight excluding hydrogens is 490 g/mol. The molecule has 37 heavy (non-hydrogen) atoms. The lowest BCUT2D eigenvalue weighted by molar-refractivity contribution is -0.126. The maximum absolute atomic E-state index is 11.8. The normalized spacial score (nSPS) is 13.2. The van der Waals surface area contributed by atoms with E-state index in [0.29, 0.717) is 29.8 Å². The van der Waals surface area contributed by atoms with Gasteiger partial charge in [0.2, 0.25) is 11.0 Å². The maximum atomic E-state index is 11.8. The third-order valence-corrected chi connectivity index (χ3v) is 6.68. The molecule has 0 radical (unpaired) electrons. The van der Waals surface area contributed by atoms with Gasteiger partial charge >= 0.3 is 6.01 Å². The van der Waals surface area contributed by atoms with E-state index < -0.39 is 0 Å². The molecule has 1 aliphatic rings.